The summed E-state index contributed by atoms with van der Waals surface area (Å²) in [4.78, 5) is 35.7. The molecule has 0 aliphatic carbocycles. The predicted molar refractivity (Wildman–Crippen MR) is 102 cm³/mol. The molecule has 0 saturated carbocycles. The van der Waals surface area contributed by atoms with Crippen molar-refractivity contribution in [2.45, 2.75) is 24.9 Å². The fourth-order valence-corrected chi connectivity index (χ4v) is 2.58. The summed E-state index contributed by atoms with van der Waals surface area (Å²) in [5.74, 6) is -1.58. The van der Waals surface area contributed by atoms with Gasteiger partial charge in [0, 0.05) is 6.42 Å². The number of hydrogen-bond acceptors (Lipinski definition) is 4. The Hall–Kier alpha value is -3.19. The van der Waals surface area contributed by atoms with Crippen LogP contribution in [-0.2, 0) is 27.2 Å². The maximum absolute atomic E-state index is 12.1. The van der Waals surface area contributed by atoms with Crippen molar-refractivity contribution in [3.05, 3.63) is 71.8 Å². The Labute approximate surface area is 158 Å². The third-order valence-electron chi connectivity index (χ3n) is 4.02. The molecule has 2 unspecified atom stereocenters. The van der Waals surface area contributed by atoms with E-state index < -0.39 is 29.8 Å². The molecule has 0 saturated heterocycles. The molecule has 0 spiro atoms. The van der Waals surface area contributed by atoms with Gasteiger partial charge in [-0.25, -0.2) is 0 Å². The van der Waals surface area contributed by atoms with Crippen molar-refractivity contribution in [3.63, 3.8) is 0 Å². The number of carbonyl (C=O) groups excluding carboxylic acids is 3. The Morgan fingerprint density at radius 2 is 1.37 bits per heavy atom. The van der Waals surface area contributed by atoms with E-state index in [1.807, 2.05) is 60.7 Å². The number of rotatable bonds is 9. The highest BCUT2D eigenvalue weighted by Crippen LogP contribution is 2.03. The van der Waals surface area contributed by atoms with Crippen LogP contribution >= 0.6 is 0 Å². The van der Waals surface area contributed by atoms with Crippen LogP contribution in [0.15, 0.2) is 60.7 Å². The average molecular weight is 368 g/mol. The van der Waals surface area contributed by atoms with Crippen LogP contribution in [0.1, 0.15) is 11.1 Å². The standard InChI is InChI=1S/C20H24N4O3/c21-16(11-14-7-3-1-4-8-14)20(27)23-13-18(25)24-17(19(22)26)12-15-9-5-2-6-10-15/h1-10,16-17H,11-13,21H2,(H2,22,26)(H,23,27)(H,24,25). The number of hydrogen-bond donors (Lipinski definition) is 4. The minimum atomic E-state index is -0.852. The fraction of sp³-hybridized carbons (Fsp3) is 0.250. The van der Waals surface area contributed by atoms with Crippen molar-refractivity contribution in [2.24, 2.45) is 11.5 Å². The minimum absolute atomic E-state index is 0.278. The Morgan fingerprint density at radius 1 is 0.852 bits per heavy atom. The molecule has 2 aromatic rings. The van der Waals surface area contributed by atoms with Crippen molar-refractivity contribution in [2.75, 3.05) is 6.54 Å². The van der Waals surface area contributed by atoms with Crippen LogP contribution in [0.3, 0.4) is 0 Å². The molecule has 6 N–H and O–H groups in total. The van der Waals surface area contributed by atoms with Crippen LogP contribution in [0, 0.1) is 0 Å². The number of primary amides is 1. The van der Waals surface area contributed by atoms with Crippen molar-refractivity contribution < 1.29 is 14.4 Å². The van der Waals surface area contributed by atoms with Gasteiger partial charge in [-0.1, -0.05) is 60.7 Å². The van der Waals surface area contributed by atoms with Gasteiger partial charge in [-0.05, 0) is 17.5 Å². The van der Waals surface area contributed by atoms with Crippen molar-refractivity contribution in [3.8, 4) is 0 Å². The van der Waals surface area contributed by atoms with Gasteiger partial charge in [0.2, 0.25) is 17.7 Å². The van der Waals surface area contributed by atoms with Crippen LogP contribution in [0.25, 0.3) is 0 Å². The number of nitrogens with two attached hydrogens (primary N) is 2. The number of nitrogens with one attached hydrogen (secondary N) is 2. The van der Waals surface area contributed by atoms with Crippen LogP contribution < -0.4 is 22.1 Å². The Kier molecular flexibility index (Phi) is 7.51. The molecule has 3 amide bonds. The van der Waals surface area contributed by atoms with E-state index in [4.69, 9.17) is 11.5 Å². The largest absolute Gasteiger partial charge is 0.368 e. The molecule has 0 fully saturated rings. The van der Waals surface area contributed by atoms with Crippen molar-refractivity contribution >= 4 is 17.7 Å². The summed E-state index contributed by atoms with van der Waals surface area (Å²) in [6, 6.07) is 17.0. The lowest BCUT2D eigenvalue weighted by molar-refractivity contribution is -0.129. The normalized spacial score (nSPS) is 12.6. The van der Waals surface area contributed by atoms with Gasteiger partial charge in [0.05, 0.1) is 12.6 Å². The first kappa shape index (κ1) is 20.1. The maximum atomic E-state index is 12.1. The van der Waals surface area contributed by atoms with Crippen LogP contribution in [0.5, 0.6) is 0 Å². The molecule has 0 heterocycles. The summed E-state index contributed by atoms with van der Waals surface area (Å²) in [6.45, 7) is -0.278. The average Bonchev–Trinajstić information content (AvgIpc) is 2.67. The fourth-order valence-electron chi connectivity index (χ4n) is 2.58. The second-order valence-corrected chi connectivity index (χ2v) is 6.23. The number of benzene rings is 2. The highest BCUT2D eigenvalue weighted by molar-refractivity contribution is 5.90. The highest BCUT2D eigenvalue weighted by atomic mass is 16.2. The molecule has 0 aliphatic heterocycles. The maximum Gasteiger partial charge on any atom is 0.240 e. The lowest BCUT2D eigenvalue weighted by Crippen LogP contribution is -2.51. The van der Waals surface area contributed by atoms with Crippen molar-refractivity contribution in [1.29, 1.82) is 0 Å². The van der Waals surface area contributed by atoms with Gasteiger partial charge < -0.3 is 22.1 Å². The molecule has 0 bridgehead atoms. The third-order valence-corrected chi connectivity index (χ3v) is 4.02. The quantitative estimate of drug-likeness (QED) is 0.492. The first-order valence-electron chi connectivity index (χ1n) is 8.65. The summed E-state index contributed by atoms with van der Waals surface area (Å²) < 4.78 is 0. The lowest BCUT2D eigenvalue weighted by Gasteiger charge is -2.17. The van der Waals surface area contributed by atoms with Gasteiger partial charge in [0.15, 0.2) is 0 Å². The second-order valence-electron chi connectivity index (χ2n) is 6.23. The molecule has 0 radical (unpaired) electrons. The first-order valence-corrected chi connectivity index (χ1v) is 8.65. The SMILES string of the molecule is NC(=O)C(Cc1ccccc1)NC(=O)CNC(=O)C(N)Cc1ccccc1. The Morgan fingerprint density at radius 3 is 1.89 bits per heavy atom. The molecule has 2 aromatic carbocycles. The van der Waals surface area contributed by atoms with Crippen LogP contribution in [0.4, 0.5) is 0 Å². The third kappa shape index (κ3) is 6.91. The second kappa shape index (κ2) is 10.1. The van der Waals surface area contributed by atoms with E-state index in [0.717, 1.165) is 11.1 Å². The van der Waals surface area contributed by atoms with Gasteiger partial charge in [0.1, 0.15) is 6.04 Å². The molecule has 142 valence electrons. The zero-order chi connectivity index (χ0) is 19.6. The van der Waals surface area contributed by atoms with Gasteiger partial charge in [-0.3, -0.25) is 14.4 Å². The van der Waals surface area contributed by atoms with Gasteiger partial charge in [-0.15, -0.1) is 0 Å². The molecular weight excluding hydrogens is 344 g/mol. The predicted octanol–water partition coefficient (Wildman–Crippen LogP) is -0.115. The molecule has 7 nitrogen and oxygen atoms in total. The van der Waals surface area contributed by atoms with Crippen LogP contribution in [-0.4, -0.2) is 36.3 Å². The smallest absolute Gasteiger partial charge is 0.240 e. The summed E-state index contributed by atoms with van der Waals surface area (Å²) >= 11 is 0. The molecule has 0 aromatic heterocycles. The zero-order valence-corrected chi connectivity index (χ0v) is 14.9. The lowest BCUT2D eigenvalue weighted by atomic mass is 10.1. The van der Waals surface area contributed by atoms with Crippen molar-refractivity contribution in [1.82, 2.24) is 10.6 Å². The molecule has 27 heavy (non-hydrogen) atoms. The summed E-state index contributed by atoms with van der Waals surface area (Å²) in [6.07, 6.45) is 0.648. The van der Waals surface area contributed by atoms with E-state index in [1.54, 1.807) is 0 Å². The van der Waals surface area contributed by atoms with E-state index in [9.17, 15) is 14.4 Å². The molecule has 2 rings (SSSR count). The highest BCUT2D eigenvalue weighted by Gasteiger charge is 2.20. The van der Waals surface area contributed by atoms with Gasteiger partial charge in [-0.2, -0.15) is 0 Å². The van der Waals surface area contributed by atoms with E-state index in [0.29, 0.717) is 6.42 Å². The molecular formula is C20H24N4O3. The summed E-state index contributed by atoms with van der Waals surface area (Å²) in [5.41, 5.74) is 13.0. The number of carbonyl (C=O) groups is 3. The molecule has 2 atom stereocenters. The van der Waals surface area contributed by atoms with Gasteiger partial charge >= 0.3 is 0 Å². The first-order chi connectivity index (χ1) is 13.0. The van der Waals surface area contributed by atoms with E-state index in [1.165, 1.54) is 0 Å². The monoisotopic (exact) mass is 368 g/mol. The zero-order valence-electron chi connectivity index (χ0n) is 14.9. The Balaban J connectivity index is 1.81. The molecule has 0 aliphatic rings. The van der Waals surface area contributed by atoms with Gasteiger partial charge in [0.25, 0.3) is 0 Å². The minimum Gasteiger partial charge on any atom is -0.368 e. The van der Waals surface area contributed by atoms with E-state index >= 15 is 0 Å². The molecule has 7 heteroatoms. The van der Waals surface area contributed by atoms with Crippen LogP contribution in [0.2, 0.25) is 0 Å². The Bertz CT molecular complexity index is 765. The summed E-state index contributed by atoms with van der Waals surface area (Å²) in [7, 11) is 0. The summed E-state index contributed by atoms with van der Waals surface area (Å²) in [5, 5.41) is 5.02. The van der Waals surface area contributed by atoms with E-state index in [-0.39, 0.29) is 13.0 Å². The topological polar surface area (TPSA) is 127 Å². The van der Waals surface area contributed by atoms with E-state index in [2.05, 4.69) is 10.6 Å². The number of amides is 3.